The molecule has 1 atom stereocenters. The molecule has 0 aliphatic rings. The van der Waals surface area contributed by atoms with Gasteiger partial charge in [0.05, 0.1) is 10.9 Å². The van der Waals surface area contributed by atoms with Gasteiger partial charge in [-0.25, -0.2) is 0 Å². The SMILES string of the molecule is Cc1cccc(Nc2nnc(SC(C)c3nnnn3-c3ccccc3)s2)c1C. The zero-order valence-corrected chi connectivity index (χ0v) is 17.3. The summed E-state index contributed by atoms with van der Waals surface area (Å²) in [6.45, 7) is 6.26. The number of thioether (sulfide) groups is 1. The monoisotopic (exact) mass is 409 g/mol. The van der Waals surface area contributed by atoms with Gasteiger partial charge >= 0.3 is 0 Å². The number of tetrazole rings is 1. The van der Waals surface area contributed by atoms with Gasteiger partial charge in [0.15, 0.2) is 10.2 Å². The van der Waals surface area contributed by atoms with E-state index in [1.54, 1.807) is 16.4 Å². The summed E-state index contributed by atoms with van der Waals surface area (Å²) in [5, 5.41) is 24.9. The van der Waals surface area contributed by atoms with Crippen LogP contribution >= 0.6 is 23.1 Å². The second kappa shape index (κ2) is 8.07. The lowest BCUT2D eigenvalue weighted by Crippen LogP contribution is -2.04. The molecule has 28 heavy (non-hydrogen) atoms. The Morgan fingerprint density at radius 3 is 2.64 bits per heavy atom. The number of nitrogens with zero attached hydrogens (tertiary/aromatic N) is 6. The van der Waals surface area contributed by atoms with Gasteiger partial charge in [0.25, 0.3) is 0 Å². The highest BCUT2D eigenvalue weighted by Gasteiger charge is 2.19. The maximum Gasteiger partial charge on any atom is 0.210 e. The van der Waals surface area contributed by atoms with E-state index >= 15 is 0 Å². The van der Waals surface area contributed by atoms with E-state index in [1.807, 2.05) is 42.5 Å². The highest BCUT2D eigenvalue weighted by Crippen LogP contribution is 2.37. The molecule has 142 valence electrons. The van der Waals surface area contributed by atoms with Gasteiger partial charge in [0.1, 0.15) is 0 Å². The number of nitrogens with one attached hydrogen (secondary N) is 1. The average Bonchev–Trinajstić information content (AvgIpc) is 3.36. The Morgan fingerprint density at radius 1 is 1.00 bits per heavy atom. The molecule has 0 bridgehead atoms. The molecule has 2 heterocycles. The Hall–Kier alpha value is -2.78. The van der Waals surface area contributed by atoms with E-state index in [-0.39, 0.29) is 5.25 Å². The third-order valence-electron chi connectivity index (χ3n) is 4.39. The van der Waals surface area contributed by atoms with E-state index in [4.69, 9.17) is 0 Å². The summed E-state index contributed by atoms with van der Waals surface area (Å²) in [6, 6.07) is 16.0. The van der Waals surface area contributed by atoms with Gasteiger partial charge in [0, 0.05) is 5.69 Å². The number of hydrogen-bond acceptors (Lipinski definition) is 8. The lowest BCUT2D eigenvalue weighted by Gasteiger charge is -2.09. The minimum Gasteiger partial charge on any atom is -0.330 e. The number of para-hydroxylation sites is 1. The van der Waals surface area contributed by atoms with Crippen LogP contribution in [0.1, 0.15) is 29.1 Å². The first-order valence-electron chi connectivity index (χ1n) is 8.79. The number of aryl methyl sites for hydroxylation is 1. The van der Waals surface area contributed by atoms with E-state index in [9.17, 15) is 0 Å². The lowest BCUT2D eigenvalue weighted by molar-refractivity contribution is 0.762. The normalized spacial score (nSPS) is 12.1. The number of benzene rings is 2. The summed E-state index contributed by atoms with van der Waals surface area (Å²) < 4.78 is 2.62. The van der Waals surface area contributed by atoms with Crippen LogP contribution in [0.3, 0.4) is 0 Å². The van der Waals surface area contributed by atoms with Crippen LogP contribution in [0.25, 0.3) is 5.69 Å². The van der Waals surface area contributed by atoms with Crippen molar-refractivity contribution in [1.82, 2.24) is 30.4 Å². The molecule has 0 fully saturated rings. The molecule has 1 N–H and O–H groups in total. The van der Waals surface area contributed by atoms with Crippen LogP contribution in [0.15, 0.2) is 52.9 Å². The van der Waals surface area contributed by atoms with E-state index in [1.165, 1.54) is 22.5 Å². The van der Waals surface area contributed by atoms with Crippen LogP contribution in [0, 0.1) is 13.8 Å². The minimum atomic E-state index is 0.0247. The topological polar surface area (TPSA) is 81.4 Å². The molecular weight excluding hydrogens is 390 g/mol. The number of rotatable bonds is 6. The van der Waals surface area contributed by atoms with Crippen molar-refractivity contribution in [1.29, 1.82) is 0 Å². The first kappa shape index (κ1) is 18.6. The van der Waals surface area contributed by atoms with Crippen molar-refractivity contribution in [2.75, 3.05) is 5.32 Å². The van der Waals surface area contributed by atoms with E-state index in [0.29, 0.717) is 0 Å². The maximum atomic E-state index is 4.31. The molecular formula is C19H19N7S2. The van der Waals surface area contributed by atoms with Crippen molar-refractivity contribution in [3.63, 3.8) is 0 Å². The molecule has 0 saturated carbocycles. The van der Waals surface area contributed by atoms with Crippen LogP contribution in [0.2, 0.25) is 0 Å². The first-order valence-corrected chi connectivity index (χ1v) is 10.5. The van der Waals surface area contributed by atoms with Crippen LogP contribution < -0.4 is 5.32 Å². The Labute approximate surface area is 171 Å². The van der Waals surface area contributed by atoms with Crippen molar-refractivity contribution in [3.05, 3.63) is 65.5 Å². The fourth-order valence-electron chi connectivity index (χ4n) is 2.71. The van der Waals surface area contributed by atoms with Crippen LogP contribution in [0.5, 0.6) is 0 Å². The quantitative estimate of drug-likeness (QED) is 0.461. The summed E-state index contributed by atoms with van der Waals surface area (Å²) in [5.74, 6) is 0.774. The van der Waals surface area contributed by atoms with Crippen molar-refractivity contribution in [2.24, 2.45) is 0 Å². The zero-order chi connectivity index (χ0) is 19.5. The van der Waals surface area contributed by atoms with Gasteiger partial charge < -0.3 is 5.32 Å². The third kappa shape index (κ3) is 3.90. The minimum absolute atomic E-state index is 0.0247. The molecule has 7 nitrogen and oxygen atoms in total. The third-order valence-corrected chi connectivity index (χ3v) is 6.41. The van der Waals surface area contributed by atoms with Gasteiger partial charge in [-0.1, -0.05) is 53.4 Å². The fraction of sp³-hybridized carbons (Fsp3) is 0.211. The highest BCUT2D eigenvalue weighted by atomic mass is 32.2. The number of hydrogen-bond donors (Lipinski definition) is 1. The molecule has 1 unspecified atom stereocenters. The Balaban J connectivity index is 1.49. The molecule has 0 spiro atoms. The second-order valence-electron chi connectivity index (χ2n) is 6.29. The molecule has 0 aliphatic carbocycles. The van der Waals surface area contributed by atoms with Gasteiger partial charge in [-0.05, 0) is 60.5 Å². The van der Waals surface area contributed by atoms with Gasteiger partial charge in [-0.2, -0.15) is 4.68 Å². The number of aromatic nitrogens is 6. The summed E-state index contributed by atoms with van der Waals surface area (Å²) in [6.07, 6.45) is 0. The van der Waals surface area contributed by atoms with Crippen molar-refractivity contribution >= 4 is 33.9 Å². The molecule has 4 aromatic rings. The molecule has 0 saturated heterocycles. The predicted octanol–water partition coefficient (Wildman–Crippen LogP) is 4.73. The molecule has 0 aliphatic heterocycles. The Morgan fingerprint density at radius 2 is 1.82 bits per heavy atom. The molecule has 4 rings (SSSR count). The first-order chi connectivity index (χ1) is 13.6. The Kier molecular flexibility index (Phi) is 5.36. The van der Waals surface area contributed by atoms with Crippen molar-refractivity contribution in [3.8, 4) is 5.69 Å². The summed E-state index contributed by atoms with van der Waals surface area (Å²) in [7, 11) is 0. The van der Waals surface area contributed by atoms with Gasteiger partial charge in [-0.15, -0.1) is 15.3 Å². The summed E-state index contributed by atoms with van der Waals surface area (Å²) >= 11 is 3.11. The van der Waals surface area contributed by atoms with Crippen molar-refractivity contribution < 1.29 is 0 Å². The molecule has 0 amide bonds. The second-order valence-corrected chi connectivity index (χ2v) is 8.86. The van der Waals surface area contributed by atoms with Gasteiger partial charge in [-0.3, -0.25) is 0 Å². The van der Waals surface area contributed by atoms with Crippen LogP contribution in [0.4, 0.5) is 10.8 Å². The largest absolute Gasteiger partial charge is 0.330 e. The zero-order valence-electron chi connectivity index (χ0n) is 15.7. The highest BCUT2D eigenvalue weighted by molar-refractivity contribution is 8.01. The van der Waals surface area contributed by atoms with Crippen molar-refractivity contribution in [2.45, 2.75) is 30.4 Å². The molecule has 0 radical (unpaired) electrons. The summed E-state index contributed by atoms with van der Waals surface area (Å²) in [4.78, 5) is 0. The Bertz CT molecular complexity index is 1070. The lowest BCUT2D eigenvalue weighted by atomic mass is 10.1. The molecule has 2 aromatic carbocycles. The van der Waals surface area contributed by atoms with Gasteiger partial charge in [0.2, 0.25) is 5.13 Å². The number of anilines is 2. The van der Waals surface area contributed by atoms with E-state index in [2.05, 4.69) is 57.9 Å². The van der Waals surface area contributed by atoms with Crippen LogP contribution in [-0.2, 0) is 0 Å². The van der Waals surface area contributed by atoms with Crippen LogP contribution in [-0.4, -0.2) is 30.4 Å². The average molecular weight is 410 g/mol. The molecule has 2 aromatic heterocycles. The van der Waals surface area contributed by atoms with E-state index in [0.717, 1.165) is 26.7 Å². The van der Waals surface area contributed by atoms with E-state index < -0.39 is 0 Å². The fourth-order valence-corrected chi connectivity index (χ4v) is 4.71. The maximum absolute atomic E-state index is 4.31. The smallest absolute Gasteiger partial charge is 0.210 e. The predicted molar refractivity (Wildman–Crippen MR) is 113 cm³/mol. The summed E-state index contributed by atoms with van der Waals surface area (Å²) in [5.41, 5.74) is 4.44. The molecule has 9 heteroatoms. The standard InChI is InChI=1S/C19H19N7S2/c1-12-8-7-11-16(13(12)2)20-18-22-23-19(28-18)27-14(3)17-21-24-25-26(17)15-9-5-4-6-10-15/h4-11,14H,1-3H3,(H,20,22).